The van der Waals surface area contributed by atoms with Crippen molar-refractivity contribution < 1.29 is 22.3 Å². The van der Waals surface area contributed by atoms with Crippen LogP contribution in [0.15, 0.2) is 47.4 Å². The molecule has 0 aliphatic carbocycles. The Morgan fingerprint density at radius 1 is 1.08 bits per heavy atom. The first kappa shape index (κ1) is 28.4. The second kappa shape index (κ2) is 12.4. The van der Waals surface area contributed by atoms with E-state index in [1.807, 2.05) is 0 Å². The Balaban J connectivity index is 0.00000361. The highest BCUT2D eigenvalue weighted by Crippen LogP contribution is 2.31. The van der Waals surface area contributed by atoms with E-state index in [-0.39, 0.29) is 28.7 Å². The summed E-state index contributed by atoms with van der Waals surface area (Å²) in [6.45, 7) is 8.10. The molecule has 196 valence electrons. The summed E-state index contributed by atoms with van der Waals surface area (Å²) in [4.78, 5) is 21.9. The zero-order chi connectivity index (χ0) is 25.0. The number of thiazole rings is 1. The van der Waals surface area contributed by atoms with Gasteiger partial charge in [-0.1, -0.05) is 31.3 Å². The van der Waals surface area contributed by atoms with E-state index in [0.29, 0.717) is 54.8 Å². The van der Waals surface area contributed by atoms with Crippen molar-refractivity contribution in [2.75, 3.05) is 57.4 Å². The summed E-state index contributed by atoms with van der Waals surface area (Å²) >= 11 is 1.26. The number of carbonyl (C=O) groups excluding carboxylic acids is 1. The summed E-state index contributed by atoms with van der Waals surface area (Å²) < 4.78 is 47.4. The molecule has 0 radical (unpaired) electrons. The van der Waals surface area contributed by atoms with Gasteiger partial charge in [-0.05, 0) is 49.5 Å². The van der Waals surface area contributed by atoms with Crippen LogP contribution in [-0.4, -0.2) is 81.0 Å². The van der Waals surface area contributed by atoms with Gasteiger partial charge in [0.05, 0.1) is 22.8 Å². The Kier molecular flexibility index (Phi) is 9.79. The number of morpholine rings is 1. The number of fused-ring (bicyclic) bond motifs is 1. The average Bonchev–Trinajstić information content (AvgIpc) is 3.32. The van der Waals surface area contributed by atoms with Crippen LogP contribution < -0.4 is 4.90 Å². The van der Waals surface area contributed by atoms with E-state index in [1.165, 1.54) is 46.0 Å². The Labute approximate surface area is 221 Å². The minimum absolute atomic E-state index is 0. The van der Waals surface area contributed by atoms with Crippen molar-refractivity contribution in [3.8, 4) is 0 Å². The van der Waals surface area contributed by atoms with Crippen LogP contribution in [0.3, 0.4) is 0 Å². The number of carbonyl (C=O) groups is 1. The first-order chi connectivity index (χ1) is 16.8. The van der Waals surface area contributed by atoms with Crippen molar-refractivity contribution in [2.45, 2.75) is 18.7 Å². The van der Waals surface area contributed by atoms with Gasteiger partial charge in [0.2, 0.25) is 10.0 Å². The largest absolute Gasteiger partial charge is 0.379 e. The number of ether oxygens (including phenoxy) is 1. The molecule has 0 unspecified atom stereocenters. The van der Waals surface area contributed by atoms with Crippen LogP contribution in [0.2, 0.25) is 0 Å². The number of sulfonamides is 1. The molecule has 0 spiro atoms. The van der Waals surface area contributed by atoms with Crippen LogP contribution in [0.4, 0.5) is 9.52 Å². The first-order valence-corrected chi connectivity index (χ1v) is 13.9. The lowest BCUT2D eigenvalue weighted by molar-refractivity contribution is 0.0730. The highest BCUT2D eigenvalue weighted by atomic mass is 35.5. The number of halogens is 2. The molecule has 1 aliphatic rings. The third-order valence-corrected chi connectivity index (χ3v) is 9.03. The number of likely N-dealkylation sites (N-methyl/N-ethyl adjacent to an activating group) is 1. The maximum atomic E-state index is 14.3. The maximum Gasteiger partial charge on any atom is 0.260 e. The van der Waals surface area contributed by atoms with Crippen molar-refractivity contribution >= 4 is 55.0 Å². The summed E-state index contributed by atoms with van der Waals surface area (Å²) in [5.74, 6) is -0.745. The molecule has 0 N–H and O–H groups in total. The van der Waals surface area contributed by atoms with Crippen molar-refractivity contribution in [1.82, 2.24) is 14.2 Å². The zero-order valence-corrected chi connectivity index (χ0v) is 22.7. The highest BCUT2D eigenvalue weighted by molar-refractivity contribution is 7.89. The van der Waals surface area contributed by atoms with E-state index >= 15 is 0 Å². The fourth-order valence-corrected chi connectivity index (χ4v) is 6.36. The van der Waals surface area contributed by atoms with Crippen LogP contribution >= 0.6 is 23.7 Å². The molecule has 0 atom stereocenters. The molecule has 3 aromatic rings. The fourth-order valence-electron chi connectivity index (χ4n) is 3.95. The van der Waals surface area contributed by atoms with Crippen LogP contribution in [0.1, 0.15) is 24.2 Å². The van der Waals surface area contributed by atoms with Crippen molar-refractivity contribution in [1.29, 1.82) is 0 Å². The molecule has 2 aromatic carbocycles. The second-order valence-corrected chi connectivity index (χ2v) is 11.1. The van der Waals surface area contributed by atoms with Gasteiger partial charge in [0.25, 0.3) is 5.91 Å². The predicted molar refractivity (Wildman–Crippen MR) is 142 cm³/mol. The SMILES string of the molecule is CCN(CC)CCN(C(=O)c1ccc(S(=O)(=O)N2CCOCC2)cc1)c1nc2c(F)cccc2s1.Cl. The summed E-state index contributed by atoms with van der Waals surface area (Å²) in [5, 5.41) is 0.410. The Bertz CT molecular complexity index is 1280. The van der Waals surface area contributed by atoms with E-state index in [4.69, 9.17) is 4.74 Å². The molecule has 1 fully saturated rings. The molecule has 1 aromatic heterocycles. The number of amides is 1. The second-order valence-electron chi connectivity index (χ2n) is 8.11. The van der Waals surface area contributed by atoms with Gasteiger partial charge in [0.15, 0.2) is 5.13 Å². The molecule has 2 heterocycles. The lowest BCUT2D eigenvalue weighted by Gasteiger charge is -2.26. The topological polar surface area (TPSA) is 83.1 Å². The number of benzene rings is 2. The van der Waals surface area contributed by atoms with Gasteiger partial charge in [-0.25, -0.2) is 17.8 Å². The lowest BCUT2D eigenvalue weighted by atomic mass is 10.2. The van der Waals surface area contributed by atoms with Crippen molar-refractivity contribution in [2.24, 2.45) is 0 Å². The van der Waals surface area contributed by atoms with Crippen molar-refractivity contribution in [3.05, 3.63) is 53.8 Å². The van der Waals surface area contributed by atoms with E-state index < -0.39 is 15.8 Å². The molecule has 36 heavy (non-hydrogen) atoms. The number of hydrogen-bond acceptors (Lipinski definition) is 7. The summed E-state index contributed by atoms with van der Waals surface area (Å²) in [6, 6.07) is 10.7. The van der Waals surface area contributed by atoms with Gasteiger partial charge < -0.3 is 9.64 Å². The molecule has 1 aliphatic heterocycles. The van der Waals surface area contributed by atoms with Gasteiger partial charge in [-0.3, -0.25) is 9.69 Å². The predicted octanol–water partition coefficient (Wildman–Crippen LogP) is 3.87. The van der Waals surface area contributed by atoms with E-state index in [9.17, 15) is 17.6 Å². The monoisotopic (exact) mass is 556 g/mol. The summed E-state index contributed by atoms with van der Waals surface area (Å²) in [5.41, 5.74) is 0.574. The molecule has 0 bridgehead atoms. The number of aromatic nitrogens is 1. The Morgan fingerprint density at radius 2 is 1.75 bits per heavy atom. The maximum absolute atomic E-state index is 14.3. The van der Waals surface area contributed by atoms with Crippen molar-refractivity contribution in [3.63, 3.8) is 0 Å². The van der Waals surface area contributed by atoms with E-state index in [1.54, 1.807) is 17.0 Å². The quantitative estimate of drug-likeness (QED) is 0.398. The number of hydrogen-bond donors (Lipinski definition) is 0. The molecule has 4 rings (SSSR count). The van der Waals surface area contributed by atoms with E-state index in [2.05, 4.69) is 23.7 Å². The fraction of sp³-hybridized carbons (Fsp3) is 0.417. The zero-order valence-electron chi connectivity index (χ0n) is 20.2. The third kappa shape index (κ3) is 6.04. The van der Waals surface area contributed by atoms with Gasteiger partial charge in [0.1, 0.15) is 11.3 Å². The summed E-state index contributed by atoms with van der Waals surface area (Å²) in [6.07, 6.45) is 0. The Hall–Kier alpha value is -2.15. The highest BCUT2D eigenvalue weighted by Gasteiger charge is 2.27. The third-order valence-electron chi connectivity index (χ3n) is 6.08. The average molecular weight is 557 g/mol. The lowest BCUT2D eigenvalue weighted by Crippen LogP contribution is -2.40. The molecule has 8 nitrogen and oxygen atoms in total. The van der Waals surface area contributed by atoms with Crippen LogP contribution in [-0.2, 0) is 14.8 Å². The molecule has 0 saturated carbocycles. The minimum Gasteiger partial charge on any atom is -0.379 e. The van der Waals surface area contributed by atoms with Crippen LogP contribution in [0, 0.1) is 5.82 Å². The van der Waals surface area contributed by atoms with Gasteiger partial charge in [-0.15, -0.1) is 12.4 Å². The van der Waals surface area contributed by atoms with E-state index in [0.717, 1.165) is 13.1 Å². The van der Waals surface area contributed by atoms with Gasteiger partial charge >= 0.3 is 0 Å². The molecule has 1 saturated heterocycles. The standard InChI is InChI=1S/C24H29FN4O4S2.ClH/c1-3-27(4-2)12-13-29(24-26-22-20(25)6-5-7-21(22)34-24)23(30)18-8-10-19(11-9-18)35(31,32)28-14-16-33-17-15-28;/h5-11H,3-4,12-17H2,1-2H3;1H. The number of nitrogens with zero attached hydrogens (tertiary/aromatic N) is 4. The van der Waals surface area contributed by atoms with Gasteiger partial charge in [-0.2, -0.15) is 4.31 Å². The molecular weight excluding hydrogens is 527 g/mol. The molecular formula is C24H30ClFN4O4S2. The molecule has 1 amide bonds. The molecule has 12 heteroatoms. The Morgan fingerprint density at radius 3 is 2.36 bits per heavy atom. The smallest absolute Gasteiger partial charge is 0.260 e. The van der Waals surface area contributed by atoms with Crippen LogP contribution in [0.25, 0.3) is 10.2 Å². The van der Waals surface area contributed by atoms with Crippen LogP contribution in [0.5, 0.6) is 0 Å². The number of para-hydroxylation sites is 1. The number of rotatable bonds is 9. The first-order valence-electron chi connectivity index (χ1n) is 11.6. The minimum atomic E-state index is -3.66. The van der Waals surface area contributed by atoms with Gasteiger partial charge in [0, 0.05) is 31.7 Å². The summed E-state index contributed by atoms with van der Waals surface area (Å²) in [7, 11) is -3.66. The normalized spacial score (nSPS) is 14.7. The number of anilines is 1.